The molecule has 33 heavy (non-hydrogen) atoms. The zero-order valence-corrected chi connectivity index (χ0v) is 19.1. The first kappa shape index (κ1) is 22.3. The van der Waals surface area contributed by atoms with Gasteiger partial charge in [-0.3, -0.25) is 19.5 Å². The summed E-state index contributed by atoms with van der Waals surface area (Å²) in [6, 6.07) is 16.9. The minimum atomic E-state index is -0.858. The Balaban J connectivity index is 1.90. The number of nitrogens with zero attached hydrogens (tertiary/aromatic N) is 2. The van der Waals surface area contributed by atoms with Gasteiger partial charge in [0, 0.05) is 17.4 Å². The van der Waals surface area contributed by atoms with Crippen molar-refractivity contribution < 1.29 is 19.4 Å². The van der Waals surface area contributed by atoms with Crippen molar-refractivity contribution in [3.05, 3.63) is 94.8 Å². The van der Waals surface area contributed by atoms with Crippen molar-refractivity contribution in [3.63, 3.8) is 0 Å². The predicted molar refractivity (Wildman–Crippen MR) is 127 cm³/mol. The summed E-state index contributed by atoms with van der Waals surface area (Å²) < 4.78 is 5.73. The summed E-state index contributed by atoms with van der Waals surface area (Å²) in [6.07, 6.45) is 1.55. The van der Waals surface area contributed by atoms with Gasteiger partial charge >= 0.3 is 0 Å². The normalized spacial score (nSPS) is 17.6. The second kappa shape index (κ2) is 8.90. The molecule has 1 aliphatic heterocycles. The van der Waals surface area contributed by atoms with Gasteiger partial charge in [-0.15, -0.1) is 0 Å². The predicted octanol–water partition coefficient (Wildman–Crippen LogP) is 5.11. The highest BCUT2D eigenvalue weighted by molar-refractivity contribution is 6.51. The van der Waals surface area contributed by atoms with Crippen LogP contribution in [0.25, 0.3) is 5.76 Å². The lowest BCUT2D eigenvalue weighted by atomic mass is 9.98. The van der Waals surface area contributed by atoms with Gasteiger partial charge in [-0.25, -0.2) is 0 Å². The van der Waals surface area contributed by atoms with E-state index in [1.54, 1.807) is 54.7 Å². The van der Waals surface area contributed by atoms with Crippen molar-refractivity contribution in [1.29, 1.82) is 0 Å². The maximum atomic E-state index is 13.2. The SMILES string of the molecule is Cc1ccc(N2C(=O)C(=O)/C(=C(/O)c3cccc(OC(C)C)c3)C2c2ccccn2)cc1C. The van der Waals surface area contributed by atoms with E-state index >= 15 is 0 Å². The van der Waals surface area contributed by atoms with Crippen LogP contribution >= 0.6 is 0 Å². The van der Waals surface area contributed by atoms with Gasteiger partial charge in [0.25, 0.3) is 11.7 Å². The summed E-state index contributed by atoms with van der Waals surface area (Å²) in [5.74, 6) is -1.15. The second-order valence-corrected chi connectivity index (χ2v) is 8.39. The molecule has 6 heteroatoms. The molecule has 1 N–H and O–H groups in total. The largest absolute Gasteiger partial charge is 0.507 e. The number of hydrogen-bond donors (Lipinski definition) is 1. The fraction of sp³-hybridized carbons (Fsp3) is 0.222. The molecule has 1 atom stereocenters. The van der Waals surface area contributed by atoms with Crippen LogP contribution in [0.3, 0.4) is 0 Å². The molecule has 1 aromatic heterocycles. The van der Waals surface area contributed by atoms with E-state index in [1.807, 2.05) is 39.8 Å². The lowest BCUT2D eigenvalue weighted by Gasteiger charge is -2.25. The third-order valence-electron chi connectivity index (χ3n) is 5.66. The zero-order chi connectivity index (χ0) is 23.7. The molecule has 0 bridgehead atoms. The Morgan fingerprint density at radius 1 is 1.00 bits per heavy atom. The summed E-state index contributed by atoms with van der Waals surface area (Å²) in [5.41, 5.74) is 3.53. The number of Topliss-reactive ketones (excluding diaryl/α,β-unsaturated/α-hetero) is 1. The van der Waals surface area contributed by atoms with Crippen LogP contribution < -0.4 is 9.64 Å². The summed E-state index contributed by atoms with van der Waals surface area (Å²) >= 11 is 0. The Morgan fingerprint density at radius 2 is 1.79 bits per heavy atom. The summed E-state index contributed by atoms with van der Waals surface area (Å²) in [4.78, 5) is 32.3. The number of aliphatic hydroxyl groups excluding tert-OH is 1. The summed E-state index contributed by atoms with van der Waals surface area (Å²) in [7, 11) is 0. The average molecular weight is 443 g/mol. The molecule has 0 spiro atoms. The zero-order valence-electron chi connectivity index (χ0n) is 19.1. The Kier molecular flexibility index (Phi) is 6.01. The second-order valence-electron chi connectivity index (χ2n) is 8.39. The van der Waals surface area contributed by atoms with Crippen LogP contribution in [0.5, 0.6) is 5.75 Å². The topological polar surface area (TPSA) is 79.7 Å². The number of benzene rings is 2. The molecular weight excluding hydrogens is 416 g/mol. The highest BCUT2D eigenvalue weighted by Gasteiger charge is 2.47. The molecule has 0 radical (unpaired) electrons. The van der Waals surface area contributed by atoms with Crippen LogP contribution in [0.15, 0.2) is 72.4 Å². The molecular formula is C27H26N2O4. The monoisotopic (exact) mass is 442 g/mol. The molecule has 4 rings (SSSR count). The van der Waals surface area contributed by atoms with Gasteiger partial charge in [0.05, 0.1) is 17.4 Å². The van der Waals surface area contributed by atoms with Gasteiger partial charge in [-0.2, -0.15) is 0 Å². The molecule has 1 unspecified atom stereocenters. The van der Waals surface area contributed by atoms with E-state index in [9.17, 15) is 14.7 Å². The van der Waals surface area contributed by atoms with E-state index in [-0.39, 0.29) is 17.4 Å². The van der Waals surface area contributed by atoms with E-state index in [4.69, 9.17) is 4.74 Å². The minimum absolute atomic E-state index is 0.00127. The Morgan fingerprint density at radius 3 is 2.45 bits per heavy atom. The molecule has 2 heterocycles. The molecule has 1 amide bonds. The third-order valence-corrected chi connectivity index (χ3v) is 5.66. The maximum Gasteiger partial charge on any atom is 0.300 e. The van der Waals surface area contributed by atoms with Gasteiger partial charge in [-0.1, -0.05) is 24.3 Å². The number of anilines is 1. The fourth-order valence-corrected chi connectivity index (χ4v) is 3.94. The maximum absolute atomic E-state index is 13.2. The highest BCUT2D eigenvalue weighted by Crippen LogP contribution is 2.42. The molecule has 0 saturated carbocycles. The van der Waals surface area contributed by atoms with Crippen molar-refractivity contribution in [3.8, 4) is 5.75 Å². The van der Waals surface area contributed by atoms with Crippen LogP contribution in [0.1, 0.15) is 42.3 Å². The fourth-order valence-electron chi connectivity index (χ4n) is 3.94. The molecule has 0 aliphatic carbocycles. The van der Waals surface area contributed by atoms with Gasteiger partial charge in [-0.05, 0) is 75.2 Å². The number of ketones is 1. The number of hydrogen-bond acceptors (Lipinski definition) is 5. The molecule has 1 saturated heterocycles. The van der Waals surface area contributed by atoms with E-state index in [2.05, 4.69) is 4.98 Å². The summed E-state index contributed by atoms with van der Waals surface area (Å²) in [5, 5.41) is 11.3. The van der Waals surface area contributed by atoms with Crippen LogP contribution in [0, 0.1) is 13.8 Å². The first-order chi connectivity index (χ1) is 15.8. The smallest absolute Gasteiger partial charge is 0.300 e. The average Bonchev–Trinajstić information content (AvgIpc) is 3.06. The number of aliphatic hydroxyl groups is 1. The highest BCUT2D eigenvalue weighted by atomic mass is 16.5. The first-order valence-electron chi connectivity index (χ1n) is 10.8. The van der Waals surface area contributed by atoms with E-state index in [0.29, 0.717) is 22.7 Å². The number of aryl methyl sites for hydroxylation is 2. The van der Waals surface area contributed by atoms with E-state index < -0.39 is 17.7 Å². The van der Waals surface area contributed by atoms with Crippen molar-refractivity contribution in [1.82, 2.24) is 4.98 Å². The molecule has 6 nitrogen and oxygen atoms in total. The van der Waals surface area contributed by atoms with Crippen LogP contribution in [-0.2, 0) is 9.59 Å². The first-order valence-corrected chi connectivity index (χ1v) is 10.8. The minimum Gasteiger partial charge on any atom is -0.507 e. The van der Waals surface area contributed by atoms with Crippen LogP contribution in [0.4, 0.5) is 5.69 Å². The standard InChI is InChI=1S/C27H26N2O4/c1-16(2)33-21-9-7-8-19(15-21)25(30)23-24(22-10-5-6-13-28-22)29(27(32)26(23)31)20-12-11-17(3)18(4)14-20/h5-16,24,30H,1-4H3/b25-23+. The van der Waals surface area contributed by atoms with Gasteiger partial charge < -0.3 is 9.84 Å². The number of carbonyl (C=O) groups excluding carboxylic acids is 2. The number of rotatable bonds is 5. The van der Waals surface area contributed by atoms with Crippen molar-refractivity contribution in [2.24, 2.45) is 0 Å². The van der Waals surface area contributed by atoms with Crippen LogP contribution in [-0.4, -0.2) is 27.9 Å². The van der Waals surface area contributed by atoms with Crippen molar-refractivity contribution in [2.45, 2.75) is 39.8 Å². The Hall–Kier alpha value is -3.93. The quantitative estimate of drug-likeness (QED) is 0.337. The third kappa shape index (κ3) is 4.24. The van der Waals surface area contributed by atoms with Gasteiger partial charge in [0.1, 0.15) is 17.6 Å². The van der Waals surface area contributed by atoms with Crippen molar-refractivity contribution >= 4 is 23.1 Å². The lowest BCUT2D eigenvalue weighted by Crippen LogP contribution is -2.29. The molecule has 1 fully saturated rings. The molecule has 2 aromatic carbocycles. The van der Waals surface area contributed by atoms with Crippen LogP contribution in [0.2, 0.25) is 0 Å². The Labute approximate surface area is 193 Å². The van der Waals surface area contributed by atoms with E-state index in [1.165, 1.54) is 4.90 Å². The number of pyridine rings is 1. The number of aromatic nitrogens is 1. The molecule has 1 aliphatic rings. The molecule has 3 aromatic rings. The Bertz CT molecular complexity index is 1250. The lowest BCUT2D eigenvalue weighted by molar-refractivity contribution is -0.132. The van der Waals surface area contributed by atoms with E-state index in [0.717, 1.165) is 11.1 Å². The number of amides is 1. The van der Waals surface area contributed by atoms with Gasteiger partial charge in [0.15, 0.2) is 0 Å². The van der Waals surface area contributed by atoms with Gasteiger partial charge in [0.2, 0.25) is 0 Å². The summed E-state index contributed by atoms with van der Waals surface area (Å²) in [6.45, 7) is 7.74. The molecule has 168 valence electrons. The number of ether oxygens (including phenoxy) is 1. The number of carbonyl (C=O) groups is 2. The van der Waals surface area contributed by atoms with Crippen molar-refractivity contribution in [2.75, 3.05) is 4.90 Å².